The topological polar surface area (TPSA) is 154 Å². The molecule has 13 nitrogen and oxygen atoms in total. The van der Waals surface area contributed by atoms with Gasteiger partial charge in [-0.05, 0) is 80.8 Å². The molecule has 0 spiro atoms. The van der Waals surface area contributed by atoms with Gasteiger partial charge in [-0.2, -0.15) is 5.10 Å². The first kappa shape index (κ1) is 29.9. The number of carbonyl (C=O) groups excluding carboxylic acids is 4. The fourth-order valence-corrected chi connectivity index (χ4v) is 8.22. The second-order valence-corrected chi connectivity index (χ2v) is 14.1. The maximum atomic E-state index is 13.1. The number of hydrogen-bond donors (Lipinski definition) is 3. The van der Waals surface area contributed by atoms with E-state index in [1.807, 2.05) is 12.4 Å². The first-order chi connectivity index (χ1) is 23.9. The minimum absolute atomic E-state index is 0.0980. The van der Waals surface area contributed by atoms with E-state index in [1.165, 1.54) is 12.1 Å². The van der Waals surface area contributed by atoms with Crippen LogP contribution in [0, 0.1) is 5.92 Å². The van der Waals surface area contributed by atoms with E-state index in [4.69, 9.17) is 9.97 Å². The van der Waals surface area contributed by atoms with Gasteiger partial charge in [-0.1, -0.05) is 0 Å². The van der Waals surface area contributed by atoms with Crippen molar-refractivity contribution in [3.63, 3.8) is 0 Å². The second kappa shape index (κ2) is 11.8. The van der Waals surface area contributed by atoms with Crippen molar-refractivity contribution in [2.75, 3.05) is 29.9 Å². The van der Waals surface area contributed by atoms with Gasteiger partial charge in [0.1, 0.15) is 6.04 Å². The first-order valence-corrected chi connectivity index (χ1v) is 17.3. The van der Waals surface area contributed by atoms with Crippen LogP contribution in [-0.4, -0.2) is 86.0 Å². The van der Waals surface area contributed by atoms with Gasteiger partial charge in [0.05, 0.1) is 46.3 Å². The number of piperazine rings is 1. The van der Waals surface area contributed by atoms with E-state index >= 15 is 0 Å². The van der Waals surface area contributed by atoms with Crippen LogP contribution in [0.3, 0.4) is 0 Å². The van der Waals surface area contributed by atoms with E-state index in [0.717, 1.165) is 78.2 Å². The summed E-state index contributed by atoms with van der Waals surface area (Å²) in [5, 5.41) is 13.9. The van der Waals surface area contributed by atoms with Crippen LogP contribution in [0.4, 0.5) is 11.4 Å². The van der Waals surface area contributed by atoms with Crippen LogP contribution in [-0.2, 0) is 9.59 Å². The Morgan fingerprint density at radius 2 is 1.80 bits per heavy atom. The van der Waals surface area contributed by atoms with Gasteiger partial charge in [0.15, 0.2) is 0 Å². The Morgan fingerprint density at radius 3 is 2.61 bits per heavy atom. The number of rotatable bonds is 9. The molecule has 4 aliphatic heterocycles. The van der Waals surface area contributed by atoms with Crippen molar-refractivity contribution in [3.05, 3.63) is 66.1 Å². The zero-order chi connectivity index (χ0) is 33.2. The zero-order valence-corrected chi connectivity index (χ0v) is 27.0. The molecule has 9 rings (SSSR count). The van der Waals surface area contributed by atoms with Gasteiger partial charge in [-0.3, -0.25) is 39.1 Å². The lowest BCUT2D eigenvalue weighted by Crippen LogP contribution is -2.54. The van der Waals surface area contributed by atoms with Crippen molar-refractivity contribution in [1.29, 1.82) is 0 Å². The molecule has 6 heterocycles. The summed E-state index contributed by atoms with van der Waals surface area (Å²) in [6, 6.07) is 12.1. The fraction of sp³-hybridized carbons (Fsp3) is 0.417. The Hall–Kier alpha value is -5.17. The molecule has 3 N–H and O–H groups in total. The maximum absolute atomic E-state index is 13.1. The van der Waals surface area contributed by atoms with Crippen LogP contribution in [0.25, 0.3) is 22.3 Å². The Labute approximate surface area is 282 Å². The third kappa shape index (κ3) is 5.32. The second-order valence-electron chi connectivity index (χ2n) is 14.1. The quantitative estimate of drug-likeness (QED) is 0.180. The van der Waals surface area contributed by atoms with Gasteiger partial charge >= 0.3 is 0 Å². The highest BCUT2D eigenvalue weighted by Gasteiger charge is 2.44. The third-order valence-corrected chi connectivity index (χ3v) is 11.0. The molecule has 2 aromatic carbocycles. The molecule has 1 unspecified atom stereocenters. The summed E-state index contributed by atoms with van der Waals surface area (Å²) in [7, 11) is 0. The Morgan fingerprint density at radius 1 is 0.918 bits per heavy atom. The van der Waals surface area contributed by atoms with Crippen LogP contribution in [0.5, 0.6) is 0 Å². The normalized spacial score (nSPS) is 26.0. The highest BCUT2D eigenvalue weighted by molar-refractivity contribution is 6.23. The van der Waals surface area contributed by atoms with E-state index in [0.29, 0.717) is 24.0 Å². The largest absolute Gasteiger partial charge is 0.385 e. The maximum Gasteiger partial charge on any atom is 0.262 e. The lowest BCUT2D eigenvalue weighted by molar-refractivity contribution is -0.136. The summed E-state index contributed by atoms with van der Waals surface area (Å²) in [6.07, 6.45) is 11.5. The third-order valence-electron chi connectivity index (χ3n) is 11.0. The van der Waals surface area contributed by atoms with Crippen molar-refractivity contribution in [1.82, 2.24) is 35.3 Å². The van der Waals surface area contributed by atoms with Gasteiger partial charge in [0.2, 0.25) is 11.8 Å². The molecule has 13 heteroatoms. The summed E-state index contributed by atoms with van der Waals surface area (Å²) in [6.45, 7) is 2.83. The average Bonchev–Trinajstić information content (AvgIpc) is 3.89. The van der Waals surface area contributed by atoms with Gasteiger partial charge in [-0.15, -0.1) is 0 Å². The van der Waals surface area contributed by atoms with Crippen molar-refractivity contribution >= 4 is 46.0 Å². The molecule has 4 amide bonds. The minimum atomic E-state index is -0.963. The number of benzene rings is 2. The lowest BCUT2D eigenvalue weighted by Gasteiger charge is -2.35. The number of nitrogens with one attached hydrogen (secondary N) is 3. The molecule has 1 saturated carbocycles. The van der Waals surface area contributed by atoms with E-state index in [-0.39, 0.29) is 29.9 Å². The van der Waals surface area contributed by atoms with E-state index in [9.17, 15) is 19.2 Å². The zero-order valence-electron chi connectivity index (χ0n) is 27.0. The van der Waals surface area contributed by atoms with Crippen LogP contribution in [0.15, 0.2) is 55.0 Å². The molecule has 49 heavy (non-hydrogen) atoms. The number of carbonyl (C=O) groups is 4. The molecule has 4 fully saturated rings. The first-order valence-electron chi connectivity index (χ1n) is 17.3. The van der Waals surface area contributed by atoms with Gasteiger partial charge in [-0.25, -0.2) is 4.98 Å². The van der Waals surface area contributed by atoms with Crippen LogP contribution < -0.4 is 20.9 Å². The molecule has 3 saturated heterocycles. The van der Waals surface area contributed by atoms with Crippen molar-refractivity contribution < 1.29 is 19.2 Å². The minimum Gasteiger partial charge on any atom is -0.385 e. The smallest absolute Gasteiger partial charge is 0.262 e. The average molecular weight is 660 g/mol. The monoisotopic (exact) mass is 659 g/mol. The number of hydrogen-bond acceptors (Lipinski definition) is 10. The van der Waals surface area contributed by atoms with Crippen LogP contribution >= 0.6 is 0 Å². The van der Waals surface area contributed by atoms with Gasteiger partial charge in [0, 0.05) is 61.3 Å². The molecular formula is C36H37N9O4. The molecule has 3 atom stereocenters. The number of aromatic nitrogens is 4. The standard InChI is InChI=1S/C36H37N9O4/c46-33-8-7-32(34(47)42-33)45-35(48)27-5-3-22(13-28(27)36(45)49)37-9-1-2-20-10-25(11-20)44-18-21(15-40-44)31-17-39-29-6-4-24(14-30(29)41-31)43-19-23-12-26(43)16-38-23/h3-6,13-15,17-18,20,23,25-26,32,37-38H,1-2,7-12,16,19H2,(H,42,46,47)/t20-,23-,25-,26-,32?/m1/s1. The molecule has 2 bridgehead atoms. The van der Waals surface area contributed by atoms with Crippen LogP contribution in [0.1, 0.15) is 71.7 Å². The molecule has 0 radical (unpaired) electrons. The number of anilines is 2. The van der Waals surface area contributed by atoms with Crippen molar-refractivity contribution in [2.24, 2.45) is 5.92 Å². The molecule has 250 valence electrons. The Kier molecular flexibility index (Phi) is 7.18. The molecular weight excluding hydrogens is 622 g/mol. The SMILES string of the molecule is O=C1CCC(N2C(=O)c3ccc(NCCC[C@H]4C[C@H](n5cc(-c6cnc7ccc(N8C[C@H]9C[C@@H]8CN9)cc7n6)cn5)C4)cc3C2=O)C(=O)N1. The highest BCUT2D eigenvalue weighted by Crippen LogP contribution is 2.41. The number of piperidine rings is 1. The van der Waals surface area contributed by atoms with E-state index < -0.39 is 23.8 Å². The van der Waals surface area contributed by atoms with Crippen molar-refractivity contribution in [3.8, 4) is 11.3 Å². The van der Waals surface area contributed by atoms with Gasteiger partial charge in [0.25, 0.3) is 11.8 Å². The molecule has 5 aliphatic rings. The highest BCUT2D eigenvalue weighted by atomic mass is 16.2. The molecule has 4 aromatic rings. The summed E-state index contributed by atoms with van der Waals surface area (Å²) in [4.78, 5) is 63.1. The summed E-state index contributed by atoms with van der Waals surface area (Å²) < 4.78 is 2.07. The number of fused-ring (bicyclic) bond motifs is 4. The summed E-state index contributed by atoms with van der Waals surface area (Å²) >= 11 is 0. The number of imide groups is 2. The van der Waals surface area contributed by atoms with Crippen molar-refractivity contribution in [2.45, 2.75) is 69.1 Å². The summed E-state index contributed by atoms with van der Waals surface area (Å²) in [5.74, 6) is -1.36. The van der Waals surface area contributed by atoms with E-state index in [1.54, 1.807) is 18.2 Å². The number of nitrogens with zero attached hydrogens (tertiary/aromatic N) is 6. The van der Waals surface area contributed by atoms with E-state index in [2.05, 4.69) is 55.0 Å². The van der Waals surface area contributed by atoms with Crippen LogP contribution in [0.2, 0.25) is 0 Å². The number of amides is 4. The molecule has 2 aromatic heterocycles. The molecule has 1 aliphatic carbocycles. The Bertz CT molecular complexity index is 2020. The summed E-state index contributed by atoms with van der Waals surface area (Å²) in [5.41, 5.74) is 6.16. The predicted molar refractivity (Wildman–Crippen MR) is 181 cm³/mol. The van der Waals surface area contributed by atoms with Gasteiger partial charge < -0.3 is 15.5 Å². The predicted octanol–water partition coefficient (Wildman–Crippen LogP) is 3.29. The lowest BCUT2D eigenvalue weighted by atomic mass is 9.77. The fourth-order valence-electron chi connectivity index (χ4n) is 8.22. The Balaban J connectivity index is 0.764.